The van der Waals surface area contributed by atoms with E-state index in [-0.39, 0.29) is 17.6 Å². The highest BCUT2D eigenvalue weighted by Crippen LogP contribution is 2.32. The summed E-state index contributed by atoms with van der Waals surface area (Å²) in [6.07, 6.45) is 2.30. The number of hydrogen-bond acceptors (Lipinski definition) is 4. The van der Waals surface area contributed by atoms with Crippen molar-refractivity contribution in [2.24, 2.45) is 5.92 Å². The Labute approximate surface area is 127 Å². The van der Waals surface area contributed by atoms with E-state index in [1.807, 2.05) is 6.92 Å². The lowest BCUT2D eigenvalue weighted by Gasteiger charge is -2.15. The Bertz CT molecular complexity index is 555. The summed E-state index contributed by atoms with van der Waals surface area (Å²) in [5.74, 6) is -0.958. The van der Waals surface area contributed by atoms with Gasteiger partial charge in [-0.05, 0) is 32.3 Å². The summed E-state index contributed by atoms with van der Waals surface area (Å²) in [6.45, 7) is 3.95. The summed E-state index contributed by atoms with van der Waals surface area (Å²) in [5, 5.41) is 24.6. The van der Waals surface area contributed by atoms with Crippen LogP contribution < -0.4 is 10.6 Å². The number of amides is 2. The van der Waals surface area contributed by atoms with Gasteiger partial charge in [0.1, 0.15) is 5.00 Å². The lowest BCUT2D eigenvalue weighted by Crippen LogP contribution is -2.35. The van der Waals surface area contributed by atoms with Gasteiger partial charge in [0.15, 0.2) is 0 Å². The molecule has 2 atom stereocenters. The monoisotopic (exact) mass is 312 g/mol. The maximum absolute atomic E-state index is 11.9. The topological polar surface area (TPSA) is 98.7 Å². The van der Waals surface area contributed by atoms with Crippen molar-refractivity contribution in [3.63, 3.8) is 0 Å². The van der Waals surface area contributed by atoms with Gasteiger partial charge in [0.05, 0.1) is 11.7 Å². The van der Waals surface area contributed by atoms with Gasteiger partial charge < -0.3 is 15.5 Å². The van der Waals surface area contributed by atoms with Crippen molar-refractivity contribution < 1.29 is 19.8 Å². The molecule has 1 aliphatic rings. The van der Waals surface area contributed by atoms with Gasteiger partial charge in [0, 0.05) is 17.3 Å². The van der Waals surface area contributed by atoms with Crippen LogP contribution in [0.2, 0.25) is 0 Å². The highest BCUT2D eigenvalue weighted by atomic mass is 32.1. The molecule has 0 spiro atoms. The summed E-state index contributed by atoms with van der Waals surface area (Å²) in [6, 6.07) is -0.433. The molecule has 21 heavy (non-hydrogen) atoms. The van der Waals surface area contributed by atoms with E-state index in [2.05, 4.69) is 10.6 Å². The molecule has 0 radical (unpaired) electrons. The maximum Gasteiger partial charge on any atom is 0.338 e. The third-order valence-corrected chi connectivity index (χ3v) is 5.09. The van der Waals surface area contributed by atoms with E-state index in [0.29, 0.717) is 17.1 Å². The zero-order valence-corrected chi connectivity index (χ0v) is 12.9. The number of anilines is 1. The second-order valence-electron chi connectivity index (χ2n) is 5.39. The molecular weight excluding hydrogens is 292 g/mol. The molecule has 7 heteroatoms. The van der Waals surface area contributed by atoms with Gasteiger partial charge in [-0.2, -0.15) is 0 Å². The molecule has 0 aromatic carbocycles. The highest BCUT2D eigenvalue weighted by molar-refractivity contribution is 7.16. The molecule has 2 amide bonds. The van der Waals surface area contributed by atoms with E-state index >= 15 is 0 Å². The van der Waals surface area contributed by atoms with Crippen molar-refractivity contribution >= 4 is 28.3 Å². The van der Waals surface area contributed by atoms with Crippen LogP contribution in [0.5, 0.6) is 0 Å². The van der Waals surface area contributed by atoms with Gasteiger partial charge in [-0.3, -0.25) is 5.32 Å². The van der Waals surface area contributed by atoms with Gasteiger partial charge in [-0.1, -0.05) is 6.42 Å². The molecular formula is C14H20N2O4S. The summed E-state index contributed by atoms with van der Waals surface area (Å²) in [5.41, 5.74) is 0.822. The lowest BCUT2D eigenvalue weighted by molar-refractivity contribution is 0.0697. The second kappa shape index (κ2) is 6.44. The van der Waals surface area contributed by atoms with Crippen molar-refractivity contribution in [3.8, 4) is 0 Å². The second-order valence-corrected chi connectivity index (χ2v) is 6.61. The van der Waals surface area contributed by atoms with Crippen LogP contribution in [0.4, 0.5) is 9.80 Å². The number of carbonyl (C=O) groups excluding carboxylic acids is 1. The molecule has 2 rings (SSSR count). The predicted molar refractivity (Wildman–Crippen MR) is 81.1 cm³/mol. The van der Waals surface area contributed by atoms with Crippen molar-refractivity contribution in [2.45, 2.75) is 39.2 Å². The summed E-state index contributed by atoms with van der Waals surface area (Å²) >= 11 is 1.25. The molecule has 2 unspecified atom stereocenters. The number of urea groups is 1. The van der Waals surface area contributed by atoms with Crippen molar-refractivity contribution in [1.29, 1.82) is 0 Å². The van der Waals surface area contributed by atoms with E-state index in [0.717, 1.165) is 24.1 Å². The molecule has 1 heterocycles. The fourth-order valence-electron chi connectivity index (χ4n) is 2.60. The number of aliphatic hydroxyl groups is 1. The van der Waals surface area contributed by atoms with Crippen LogP contribution in [0.3, 0.4) is 0 Å². The first-order valence-corrected chi connectivity index (χ1v) is 7.78. The Kier molecular flexibility index (Phi) is 4.84. The Hall–Kier alpha value is -1.60. The van der Waals surface area contributed by atoms with Crippen molar-refractivity contribution in [2.75, 3.05) is 11.9 Å². The smallest absolute Gasteiger partial charge is 0.338 e. The van der Waals surface area contributed by atoms with Crippen molar-refractivity contribution in [3.05, 3.63) is 16.0 Å². The molecule has 4 N–H and O–H groups in total. The number of hydrogen-bond donors (Lipinski definition) is 4. The zero-order chi connectivity index (χ0) is 15.6. The molecule has 1 saturated carbocycles. The third kappa shape index (κ3) is 3.54. The van der Waals surface area contributed by atoms with Crippen LogP contribution in [-0.4, -0.2) is 34.9 Å². The third-order valence-electron chi connectivity index (χ3n) is 3.97. The number of carbonyl (C=O) groups is 2. The molecule has 1 aromatic rings. The number of thiophene rings is 1. The van der Waals surface area contributed by atoms with Crippen LogP contribution in [0, 0.1) is 19.8 Å². The SMILES string of the molecule is Cc1sc(NC(=O)NCC2CCCC2O)c(C(=O)O)c1C. The van der Waals surface area contributed by atoms with Gasteiger partial charge in [0.2, 0.25) is 0 Å². The summed E-state index contributed by atoms with van der Waals surface area (Å²) in [4.78, 5) is 24.0. The first-order chi connectivity index (χ1) is 9.90. The molecule has 0 bridgehead atoms. The van der Waals surface area contributed by atoms with E-state index in [9.17, 15) is 19.8 Å². The molecule has 0 aliphatic heterocycles. The normalized spacial score (nSPS) is 21.3. The molecule has 1 aromatic heterocycles. The molecule has 6 nitrogen and oxygen atoms in total. The minimum atomic E-state index is -1.04. The average molecular weight is 312 g/mol. The highest BCUT2D eigenvalue weighted by Gasteiger charge is 2.26. The van der Waals surface area contributed by atoms with Gasteiger partial charge in [0.25, 0.3) is 0 Å². The minimum Gasteiger partial charge on any atom is -0.478 e. The fourth-order valence-corrected chi connectivity index (χ4v) is 3.65. The zero-order valence-electron chi connectivity index (χ0n) is 12.1. The first-order valence-electron chi connectivity index (χ1n) is 6.96. The standard InChI is InChI=1S/C14H20N2O4S/c1-7-8(2)21-12(11(7)13(18)19)16-14(20)15-6-9-4-3-5-10(9)17/h9-10,17H,3-6H2,1-2H3,(H,18,19)(H2,15,16,20). The van der Waals surface area contributed by atoms with Crippen LogP contribution in [0.1, 0.15) is 40.1 Å². The number of aliphatic hydroxyl groups excluding tert-OH is 1. The lowest BCUT2D eigenvalue weighted by atomic mass is 10.1. The van der Waals surface area contributed by atoms with E-state index in [4.69, 9.17) is 0 Å². The van der Waals surface area contributed by atoms with Crippen molar-refractivity contribution in [1.82, 2.24) is 5.32 Å². The number of aryl methyl sites for hydroxylation is 1. The maximum atomic E-state index is 11.9. The number of carboxylic acid groups (broad SMARTS) is 1. The number of nitrogens with one attached hydrogen (secondary N) is 2. The van der Waals surface area contributed by atoms with Crippen LogP contribution >= 0.6 is 11.3 Å². The molecule has 0 saturated heterocycles. The molecule has 1 aliphatic carbocycles. The van der Waals surface area contributed by atoms with Gasteiger partial charge >= 0.3 is 12.0 Å². The van der Waals surface area contributed by atoms with Crippen LogP contribution in [0.15, 0.2) is 0 Å². The van der Waals surface area contributed by atoms with Gasteiger partial charge in [-0.25, -0.2) is 9.59 Å². The van der Waals surface area contributed by atoms with E-state index in [1.54, 1.807) is 6.92 Å². The number of aromatic carboxylic acids is 1. The average Bonchev–Trinajstić information content (AvgIpc) is 2.92. The summed E-state index contributed by atoms with van der Waals surface area (Å²) in [7, 11) is 0. The molecule has 1 fully saturated rings. The predicted octanol–water partition coefficient (Wildman–Crippen LogP) is 2.35. The fraction of sp³-hybridized carbons (Fsp3) is 0.571. The Morgan fingerprint density at radius 3 is 2.62 bits per heavy atom. The Balaban J connectivity index is 1.96. The number of carboxylic acids is 1. The van der Waals surface area contributed by atoms with Crippen LogP contribution in [0.25, 0.3) is 0 Å². The van der Waals surface area contributed by atoms with E-state index < -0.39 is 12.0 Å². The summed E-state index contributed by atoms with van der Waals surface area (Å²) < 4.78 is 0. The molecule has 116 valence electrons. The number of rotatable bonds is 4. The van der Waals surface area contributed by atoms with Gasteiger partial charge in [-0.15, -0.1) is 11.3 Å². The Morgan fingerprint density at radius 2 is 2.05 bits per heavy atom. The first kappa shape index (κ1) is 15.8. The minimum absolute atomic E-state index is 0.0847. The van der Waals surface area contributed by atoms with E-state index in [1.165, 1.54) is 11.3 Å². The Morgan fingerprint density at radius 1 is 1.33 bits per heavy atom. The quantitative estimate of drug-likeness (QED) is 0.686. The largest absolute Gasteiger partial charge is 0.478 e. The van der Waals surface area contributed by atoms with Crippen LogP contribution in [-0.2, 0) is 0 Å².